The largest absolute Gasteiger partial charge is 0.299 e. The summed E-state index contributed by atoms with van der Waals surface area (Å²) in [5.74, 6) is 0.965. The molecule has 0 bridgehead atoms. The normalized spacial score (nSPS) is 11.2. The van der Waals surface area contributed by atoms with E-state index in [0.717, 1.165) is 16.9 Å². The Hall–Kier alpha value is -2.46. The molecule has 0 N–H and O–H groups in total. The fourth-order valence-corrected chi connectivity index (χ4v) is 3.59. The number of fused-ring (bicyclic) bond motifs is 1. The molecule has 0 aliphatic heterocycles. The molecule has 4 rings (SSSR count). The maximum atomic E-state index is 4.58. The number of nitrogens with zero attached hydrogens (tertiary/aromatic N) is 3. The van der Waals surface area contributed by atoms with Crippen LogP contribution >= 0.6 is 11.3 Å². The summed E-state index contributed by atoms with van der Waals surface area (Å²) in [5.41, 5.74) is 7.74. The second kappa shape index (κ2) is 5.07. The molecule has 4 heteroatoms. The number of thiazole rings is 1. The first-order valence-corrected chi connectivity index (χ1v) is 8.05. The lowest BCUT2D eigenvalue weighted by Crippen LogP contribution is -2.01. The van der Waals surface area contributed by atoms with Gasteiger partial charge in [0.25, 0.3) is 0 Å². The van der Waals surface area contributed by atoms with E-state index in [-0.39, 0.29) is 0 Å². The highest BCUT2D eigenvalue weighted by Crippen LogP contribution is 2.29. The molecule has 0 fully saturated rings. The summed E-state index contributed by atoms with van der Waals surface area (Å²) >= 11 is 1.66. The fraction of sp³-hybridized carbons (Fsp3) is 0.111. The Balaban J connectivity index is 1.93. The number of rotatable bonds is 2. The van der Waals surface area contributed by atoms with Gasteiger partial charge in [0, 0.05) is 18.0 Å². The SMILES string of the molecule is Cc1cccc(C)c1-n1ccnc1-c1ccc2ncsc2c1. The molecule has 2 heterocycles. The monoisotopic (exact) mass is 305 g/mol. The maximum Gasteiger partial charge on any atom is 0.144 e. The van der Waals surface area contributed by atoms with Gasteiger partial charge in [-0.25, -0.2) is 9.97 Å². The van der Waals surface area contributed by atoms with E-state index in [1.54, 1.807) is 11.3 Å². The van der Waals surface area contributed by atoms with Crippen molar-refractivity contribution in [2.75, 3.05) is 0 Å². The van der Waals surface area contributed by atoms with Gasteiger partial charge in [-0.3, -0.25) is 4.57 Å². The van der Waals surface area contributed by atoms with Crippen LogP contribution in [0.2, 0.25) is 0 Å². The summed E-state index contributed by atoms with van der Waals surface area (Å²) in [6.07, 6.45) is 3.89. The molecule has 0 saturated carbocycles. The molecule has 0 aliphatic carbocycles. The first-order valence-electron chi connectivity index (χ1n) is 7.17. The molecule has 0 aliphatic rings. The van der Waals surface area contributed by atoms with E-state index in [4.69, 9.17) is 0 Å². The second-order valence-electron chi connectivity index (χ2n) is 5.40. The van der Waals surface area contributed by atoms with Crippen LogP contribution in [0, 0.1) is 13.8 Å². The highest BCUT2D eigenvalue weighted by molar-refractivity contribution is 7.16. The Morgan fingerprint density at radius 1 is 1.00 bits per heavy atom. The highest BCUT2D eigenvalue weighted by Gasteiger charge is 2.12. The van der Waals surface area contributed by atoms with Crippen molar-refractivity contribution in [3.05, 3.63) is 65.4 Å². The Kier molecular flexibility index (Phi) is 3.05. The molecule has 0 unspecified atom stereocenters. The van der Waals surface area contributed by atoms with Gasteiger partial charge in [-0.2, -0.15) is 0 Å². The van der Waals surface area contributed by atoms with E-state index in [1.165, 1.54) is 21.5 Å². The van der Waals surface area contributed by atoms with Crippen LogP contribution in [-0.2, 0) is 0 Å². The molecule has 0 saturated heterocycles. The number of hydrogen-bond donors (Lipinski definition) is 0. The molecule has 2 aromatic heterocycles. The van der Waals surface area contributed by atoms with Crippen LogP contribution in [0.1, 0.15) is 11.1 Å². The average Bonchev–Trinajstić information content (AvgIpc) is 3.15. The zero-order valence-electron chi connectivity index (χ0n) is 12.4. The van der Waals surface area contributed by atoms with Gasteiger partial charge in [-0.15, -0.1) is 11.3 Å². The van der Waals surface area contributed by atoms with E-state index in [9.17, 15) is 0 Å². The first kappa shape index (κ1) is 13.2. The predicted molar refractivity (Wildman–Crippen MR) is 91.7 cm³/mol. The van der Waals surface area contributed by atoms with Crippen LogP contribution in [0.15, 0.2) is 54.3 Å². The summed E-state index contributed by atoms with van der Waals surface area (Å²) < 4.78 is 3.36. The minimum atomic E-state index is 0.965. The summed E-state index contributed by atoms with van der Waals surface area (Å²) in [6, 6.07) is 12.7. The van der Waals surface area contributed by atoms with Crippen molar-refractivity contribution in [1.82, 2.24) is 14.5 Å². The van der Waals surface area contributed by atoms with Gasteiger partial charge in [0.05, 0.1) is 21.4 Å². The van der Waals surface area contributed by atoms with E-state index in [1.807, 2.05) is 17.9 Å². The molecule has 22 heavy (non-hydrogen) atoms. The number of imidazole rings is 1. The third kappa shape index (κ3) is 2.04. The molecule has 3 nitrogen and oxygen atoms in total. The molecule has 0 spiro atoms. The van der Waals surface area contributed by atoms with Crippen molar-refractivity contribution in [3.63, 3.8) is 0 Å². The first-order chi connectivity index (χ1) is 10.7. The van der Waals surface area contributed by atoms with Crippen molar-refractivity contribution in [2.45, 2.75) is 13.8 Å². The van der Waals surface area contributed by atoms with Crippen molar-refractivity contribution in [1.29, 1.82) is 0 Å². The minimum Gasteiger partial charge on any atom is -0.299 e. The van der Waals surface area contributed by atoms with E-state index >= 15 is 0 Å². The van der Waals surface area contributed by atoms with Gasteiger partial charge in [0.15, 0.2) is 0 Å². The van der Waals surface area contributed by atoms with Gasteiger partial charge >= 0.3 is 0 Å². The summed E-state index contributed by atoms with van der Waals surface area (Å²) in [5, 5.41) is 0. The number of benzene rings is 2. The molecule has 108 valence electrons. The third-order valence-corrected chi connectivity index (χ3v) is 4.70. The highest BCUT2D eigenvalue weighted by atomic mass is 32.1. The zero-order chi connectivity index (χ0) is 15.1. The second-order valence-corrected chi connectivity index (χ2v) is 6.28. The van der Waals surface area contributed by atoms with E-state index in [0.29, 0.717) is 0 Å². The molecule has 0 atom stereocenters. The van der Waals surface area contributed by atoms with Crippen molar-refractivity contribution in [2.24, 2.45) is 0 Å². The summed E-state index contributed by atoms with van der Waals surface area (Å²) in [7, 11) is 0. The van der Waals surface area contributed by atoms with E-state index in [2.05, 4.69) is 64.8 Å². The lowest BCUT2D eigenvalue weighted by atomic mass is 10.1. The average molecular weight is 305 g/mol. The Bertz CT molecular complexity index is 945. The quantitative estimate of drug-likeness (QED) is 0.534. The maximum absolute atomic E-state index is 4.58. The van der Waals surface area contributed by atoms with Crippen LogP contribution in [-0.4, -0.2) is 14.5 Å². The molecule has 0 radical (unpaired) electrons. The summed E-state index contributed by atoms with van der Waals surface area (Å²) in [6.45, 7) is 4.27. The lowest BCUT2D eigenvalue weighted by Gasteiger charge is -2.14. The predicted octanol–water partition coefficient (Wildman–Crippen LogP) is 4.77. The number of para-hydroxylation sites is 1. The smallest absolute Gasteiger partial charge is 0.144 e. The molecular weight excluding hydrogens is 290 g/mol. The van der Waals surface area contributed by atoms with Crippen LogP contribution in [0.4, 0.5) is 0 Å². The number of aryl methyl sites for hydroxylation is 2. The van der Waals surface area contributed by atoms with E-state index < -0.39 is 0 Å². The van der Waals surface area contributed by atoms with Gasteiger partial charge in [0.2, 0.25) is 0 Å². The molecular formula is C18H15N3S. The number of hydrogen-bond acceptors (Lipinski definition) is 3. The van der Waals surface area contributed by atoms with Crippen LogP contribution in [0.3, 0.4) is 0 Å². The molecule has 0 amide bonds. The van der Waals surface area contributed by atoms with Gasteiger partial charge in [-0.1, -0.05) is 18.2 Å². The van der Waals surface area contributed by atoms with Crippen LogP contribution < -0.4 is 0 Å². The number of aromatic nitrogens is 3. The lowest BCUT2D eigenvalue weighted by molar-refractivity contribution is 1.03. The van der Waals surface area contributed by atoms with Gasteiger partial charge in [-0.05, 0) is 43.2 Å². The Morgan fingerprint density at radius 3 is 2.64 bits per heavy atom. The topological polar surface area (TPSA) is 30.7 Å². The molecule has 4 aromatic rings. The van der Waals surface area contributed by atoms with Crippen LogP contribution in [0.25, 0.3) is 27.3 Å². The Morgan fingerprint density at radius 2 is 1.82 bits per heavy atom. The van der Waals surface area contributed by atoms with Crippen molar-refractivity contribution < 1.29 is 0 Å². The van der Waals surface area contributed by atoms with Crippen molar-refractivity contribution in [3.8, 4) is 17.1 Å². The third-order valence-electron chi connectivity index (χ3n) is 3.91. The Labute approximate surface area is 132 Å². The standard InChI is InChI=1S/C18H15N3S/c1-12-4-3-5-13(2)17(12)21-9-8-19-18(21)14-6-7-15-16(10-14)22-11-20-15/h3-11H,1-2H3. The van der Waals surface area contributed by atoms with Crippen molar-refractivity contribution >= 4 is 21.6 Å². The van der Waals surface area contributed by atoms with Gasteiger partial charge < -0.3 is 0 Å². The minimum absolute atomic E-state index is 0.965. The molecule has 2 aromatic carbocycles. The van der Waals surface area contributed by atoms with Gasteiger partial charge in [0.1, 0.15) is 5.82 Å². The summed E-state index contributed by atoms with van der Waals surface area (Å²) in [4.78, 5) is 8.92. The fourth-order valence-electron chi connectivity index (χ4n) is 2.88. The van der Waals surface area contributed by atoms with Crippen LogP contribution in [0.5, 0.6) is 0 Å². The zero-order valence-corrected chi connectivity index (χ0v) is 13.3.